The molecule has 3 aromatic rings. The van der Waals surface area contributed by atoms with Crippen LogP contribution in [0.4, 0.5) is 8.78 Å². The fraction of sp³-hybridized carbons (Fsp3) is 0.174. The van der Waals surface area contributed by atoms with Gasteiger partial charge >= 0.3 is 0 Å². The van der Waals surface area contributed by atoms with Crippen LogP contribution in [0.15, 0.2) is 78.5 Å². The molecule has 2 heterocycles. The molecule has 0 spiro atoms. The van der Waals surface area contributed by atoms with Gasteiger partial charge in [0, 0.05) is 36.1 Å². The third-order valence-corrected chi connectivity index (χ3v) is 6.48. The largest absolute Gasteiger partial charge is 0.331 e. The molecular formula is C23H20F2N2O3S. The van der Waals surface area contributed by atoms with Crippen LogP contribution in [-0.4, -0.2) is 35.6 Å². The van der Waals surface area contributed by atoms with E-state index in [0.29, 0.717) is 0 Å². The number of amides is 1. The van der Waals surface area contributed by atoms with Crippen molar-refractivity contribution in [3.63, 3.8) is 0 Å². The molecule has 0 saturated carbocycles. The molecule has 0 radical (unpaired) electrons. The lowest BCUT2D eigenvalue weighted by atomic mass is 10.1. The molecule has 0 bridgehead atoms. The van der Waals surface area contributed by atoms with Crippen molar-refractivity contribution in [2.24, 2.45) is 0 Å². The molecule has 160 valence electrons. The Labute approximate surface area is 179 Å². The first-order valence-electron chi connectivity index (χ1n) is 9.67. The molecule has 0 aliphatic carbocycles. The summed E-state index contributed by atoms with van der Waals surface area (Å²) in [6.07, 6.45) is 5.30. The smallest absolute Gasteiger partial charge is 0.227 e. The van der Waals surface area contributed by atoms with Crippen molar-refractivity contribution in [2.45, 2.75) is 19.0 Å². The fourth-order valence-corrected chi connectivity index (χ4v) is 4.91. The van der Waals surface area contributed by atoms with Crippen LogP contribution in [0.1, 0.15) is 11.1 Å². The van der Waals surface area contributed by atoms with E-state index in [1.54, 1.807) is 0 Å². The zero-order valence-corrected chi connectivity index (χ0v) is 17.3. The molecule has 0 fully saturated rings. The van der Waals surface area contributed by atoms with Crippen LogP contribution >= 0.6 is 0 Å². The Hall–Kier alpha value is -3.26. The molecule has 1 aliphatic rings. The highest BCUT2D eigenvalue weighted by atomic mass is 32.2. The van der Waals surface area contributed by atoms with E-state index in [1.165, 1.54) is 11.0 Å². The Morgan fingerprint density at radius 3 is 2.23 bits per heavy atom. The first-order valence-corrected chi connectivity index (χ1v) is 11.4. The Morgan fingerprint density at radius 1 is 1.00 bits per heavy atom. The summed E-state index contributed by atoms with van der Waals surface area (Å²) in [5.41, 5.74) is 1.95. The van der Waals surface area contributed by atoms with E-state index in [0.717, 1.165) is 34.9 Å². The van der Waals surface area contributed by atoms with Crippen LogP contribution in [0, 0.1) is 11.6 Å². The zero-order chi connectivity index (χ0) is 22.0. The van der Waals surface area contributed by atoms with Crippen LogP contribution in [0.2, 0.25) is 0 Å². The quantitative estimate of drug-likeness (QED) is 0.586. The Kier molecular flexibility index (Phi) is 5.73. The van der Waals surface area contributed by atoms with Gasteiger partial charge in [-0.25, -0.2) is 17.2 Å². The molecule has 1 atom stereocenters. The highest BCUT2D eigenvalue weighted by molar-refractivity contribution is 7.94. The maximum atomic E-state index is 13.6. The summed E-state index contributed by atoms with van der Waals surface area (Å²) in [4.78, 5) is 14.5. The minimum absolute atomic E-state index is 0.0359. The van der Waals surface area contributed by atoms with Gasteiger partial charge in [-0.2, -0.15) is 0 Å². The van der Waals surface area contributed by atoms with Crippen molar-refractivity contribution < 1.29 is 22.0 Å². The maximum Gasteiger partial charge on any atom is 0.227 e. The molecule has 1 aromatic heterocycles. The second kappa shape index (κ2) is 8.47. The summed E-state index contributed by atoms with van der Waals surface area (Å²) in [5.74, 6) is -2.08. The van der Waals surface area contributed by atoms with E-state index >= 15 is 0 Å². The minimum Gasteiger partial charge on any atom is -0.331 e. The zero-order valence-electron chi connectivity index (χ0n) is 16.5. The van der Waals surface area contributed by atoms with Crippen molar-refractivity contribution >= 4 is 15.7 Å². The molecule has 0 N–H and O–H groups in total. The summed E-state index contributed by atoms with van der Waals surface area (Å²) in [6, 6.07) is 13.6. The number of aromatic nitrogens is 1. The van der Waals surface area contributed by atoms with Crippen molar-refractivity contribution in [3.8, 4) is 5.69 Å². The number of nitrogens with zero attached hydrogens (tertiary/aromatic N) is 2. The summed E-state index contributed by atoms with van der Waals surface area (Å²) in [5, 5.41) is 1.08. The van der Waals surface area contributed by atoms with Gasteiger partial charge in [-0.1, -0.05) is 12.1 Å². The standard InChI is InChI=1S/C23H20F2N2O3S/c24-19-11-18(12-20(25)14-19)15-27(22-7-10-31(29,30)16-22)23(28)13-17-3-5-21(6-4-17)26-8-1-2-9-26/h1-12,14,22H,13,15-16H2. The number of hydrogen-bond acceptors (Lipinski definition) is 3. The van der Waals surface area contributed by atoms with Gasteiger partial charge in [0.15, 0.2) is 9.84 Å². The molecule has 8 heteroatoms. The Bertz CT molecular complexity index is 1200. The maximum absolute atomic E-state index is 13.6. The fourth-order valence-electron chi connectivity index (χ4n) is 3.61. The van der Waals surface area contributed by atoms with Gasteiger partial charge in [0.2, 0.25) is 5.91 Å². The van der Waals surface area contributed by atoms with Crippen molar-refractivity contribution in [3.05, 3.63) is 101 Å². The predicted molar refractivity (Wildman–Crippen MR) is 113 cm³/mol. The van der Waals surface area contributed by atoms with Crippen LogP contribution in [0.5, 0.6) is 0 Å². The van der Waals surface area contributed by atoms with Crippen LogP contribution in [-0.2, 0) is 27.6 Å². The van der Waals surface area contributed by atoms with Gasteiger partial charge in [-0.15, -0.1) is 0 Å². The molecule has 1 amide bonds. The van der Waals surface area contributed by atoms with Gasteiger partial charge in [-0.05, 0) is 53.6 Å². The van der Waals surface area contributed by atoms with E-state index in [1.807, 2.05) is 53.4 Å². The SMILES string of the molecule is O=C(Cc1ccc(-n2cccc2)cc1)N(Cc1cc(F)cc(F)c1)C1C=CS(=O)(=O)C1. The van der Waals surface area contributed by atoms with Gasteiger partial charge < -0.3 is 9.47 Å². The van der Waals surface area contributed by atoms with Gasteiger partial charge in [0.25, 0.3) is 0 Å². The number of rotatable bonds is 6. The molecule has 1 unspecified atom stereocenters. The first kappa shape index (κ1) is 21.0. The first-order chi connectivity index (χ1) is 14.8. The topological polar surface area (TPSA) is 59.4 Å². The normalized spacial score (nSPS) is 17.0. The van der Waals surface area contributed by atoms with E-state index in [9.17, 15) is 22.0 Å². The number of carbonyl (C=O) groups excluding carboxylic acids is 1. The lowest BCUT2D eigenvalue weighted by Crippen LogP contribution is -2.41. The second-order valence-electron chi connectivity index (χ2n) is 7.46. The average Bonchev–Trinajstić information content (AvgIpc) is 3.35. The molecule has 1 aliphatic heterocycles. The van der Waals surface area contributed by atoms with Crippen LogP contribution < -0.4 is 0 Å². The predicted octanol–water partition coefficient (Wildman–Crippen LogP) is 3.64. The second-order valence-corrected chi connectivity index (χ2v) is 9.39. The van der Waals surface area contributed by atoms with Crippen molar-refractivity contribution in [1.82, 2.24) is 9.47 Å². The molecular weight excluding hydrogens is 422 g/mol. The summed E-state index contributed by atoms with van der Waals surface area (Å²) >= 11 is 0. The van der Waals surface area contributed by atoms with Crippen LogP contribution in [0.3, 0.4) is 0 Å². The van der Waals surface area contributed by atoms with Crippen molar-refractivity contribution in [1.29, 1.82) is 0 Å². The number of sulfone groups is 1. The number of hydrogen-bond donors (Lipinski definition) is 0. The molecule has 2 aromatic carbocycles. The summed E-state index contributed by atoms with van der Waals surface area (Å²) in [7, 11) is -3.41. The lowest BCUT2D eigenvalue weighted by Gasteiger charge is -2.28. The van der Waals surface area contributed by atoms with Gasteiger partial charge in [0.1, 0.15) is 11.6 Å². The third-order valence-electron chi connectivity index (χ3n) is 5.10. The number of benzene rings is 2. The lowest BCUT2D eigenvalue weighted by molar-refractivity contribution is -0.132. The monoisotopic (exact) mass is 442 g/mol. The molecule has 5 nitrogen and oxygen atoms in total. The van der Waals surface area contributed by atoms with E-state index in [4.69, 9.17) is 0 Å². The highest BCUT2D eigenvalue weighted by Crippen LogP contribution is 2.21. The average molecular weight is 442 g/mol. The molecule has 31 heavy (non-hydrogen) atoms. The van der Waals surface area contributed by atoms with E-state index in [-0.39, 0.29) is 30.2 Å². The van der Waals surface area contributed by atoms with Gasteiger partial charge in [0.05, 0.1) is 18.2 Å². The Balaban J connectivity index is 1.55. The minimum atomic E-state index is -3.41. The van der Waals surface area contributed by atoms with E-state index in [2.05, 4.69) is 0 Å². The third kappa shape index (κ3) is 5.08. The van der Waals surface area contributed by atoms with Gasteiger partial charge in [-0.3, -0.25) is 4.79 Å². The summed E-state index contributed by atoms with van der Waals surface area (Å²) in [6.45, 7) is -0.0977. The number of halogens is 2. The van der Waals surface area contributed by atoms with E-state index < -0.39 is 27.5 Å². The molecule has 4 rings (SSSR count). The molecule has 0 saturated heterocycles. The Morgan fingerprint density at radius 2 is 1.65 bits per heavy atom. The number of carbonyl (C=O) groups is 1. The van der Waals surface area contributed by atoms with Crippen molar-refractivity contribution in [2.75, 3.05) is 5.75 Å². The van der Waals surface area contributed by atoms with Crippen LogP contribution in [0.25, 0.3) is 5.69 Å². The highest BCUT2D eigenvalue weighted by Gasteiger charge is 2.30. The summed E-state index contributed by atoms with van der Waals surface area (Å²) < 4.78 is 53.0.